The summed E-state index contributed by atoms with van der Waals surface area (Å²) in [5.41, 5.74) is 7.31. The van der Waals surface area contributed by atoms with Crippen LogP contribution < -0.4 is 5.73 Å². The molecule has 2 aliphatic heterocycles. The van der Waals surface area contributed by atoms with Crippen LogP contribution in [0.2, 0.25) is 5.02 Å². The van der Waals surface area contributed by atoms with E-state index < -0.39 is 11.8 Å². The number of nitrogens with one attached hydrogen (secondary N) is 1. The van der Waals surface area contributed by atoms with Gasteiger partial charge in [-0.2, -0.15) is 9.07 Å². The van der Waals surface area contributed by atoms with E-state index in [2.05, 4.69) is 30.5 Å². The summed E-state index contributed by atoms with van der Waals surface area (Å²) in [6.07, 6.45) is 5.33. The molecule has 0 bridgehead atoms. The van der Waals surface area contributed by atoms with Crippen LogP contribution in [0.4, 0.5) is 14.6 Å². The van der Waals surface area contributed by atoms with Gasteiger partial charge in [-0.1, -0.05) is 18.5 Å². The first kappa shape index (κ1) is 23.2. The number of hydrogen-bond donors (Lipinski definition) is 2. The second-order valence-electron chi connectivity index (χ2n) is 9.18. The fourth-order valence-corrected chi connectivity index (χ4v) is 5.43. The quantitative estimate of drug-likeness (QED) is 0.389. The number of nitrogens with zero attached hydrogens (tertiary/aromatic N) is 7. The molecule has 0 aliphatic carbocycles. The summed E-state index contributed by atoms with van der Waals surface area (Å²) < 4.78 is 31.0. The lowest BCUT2D eigenvalue weighted by molar-refractivity contribution is -0.129. The van der Waals surface area contributed by atoms with Crippen LogP contribution in [0.15, 0.2) is 42.9 Å². The number of nitrogens with two attached hydrogens (primary N) is 1. The zero-order chi connectivity index (χ0) is 25.8. The van der Waals surface area contributed by atoms with E-state index in [0.717, 1.165) is 0 Å². The van der Waals surface area contributed by atoms with Crippen molar-refractivity contribution >= 4 is 28.9 Å². The van der Waals surface area contributed by atoms with Crippen molar-refractivity contribution in [3.63, 3.8) is 0 Å². The average Bonchev–Trinajstić information content (AvgIpc) is 3.62. The van der Waals surface area contributed by atoms with Gasteiger partial charge in [0.2, 0.25) is 11.9 Å². The number of benzene rings is 1. The lowest BCUT2D eigenvalue weighted by atomic mass is 9.88. The van der Waals surface area contributed by atoms with Crippen LogP contribution in [0, 0.1) is 17.7 Å². The van der Waals surface area contributed by atoms with E-state index in [-0.39, 0.29) is 45.9 Å². The Kier molecular flexibility index (Phi) is 5.48. The third-order valence-electron chi connectivity index (χ3n) is 6.99. The van der Waals surface area contributed by atoms with Crippen LogP contribution >= 0.6 is 11.6 Å². The largest absolute Gasteiger partial charge is 0.384 e. The first-order valence-electron chi connectivity index (χ1n) is 11.5. The molecule has 2 aliphatic rings. The van der Waals surface area contributed by atoms with Gasteiger partial charge in [0, 0.05) is 17.7 Å². The van der Waals surface area contributed by atoms with Gasteiger partial charge in [0.1, 0.15) is 18.0 Å². The van der Waals surface area contributed by atoms with Gasteiger partial charge in [0.05, 0.1) is 34.2 Å². The molecule has 10 nitrogen and oxygen atoms in total. The van der Waals surface area contributed by atoms with Gasteiger partial charge in [-0.05, 0) is 59.0 Å². The lowest BCUT2D eigenvalue weighted by Crippen LogP contribution is -2.41. The summed E-state index contributed by atoms with van der Waals surface area (Å²) in [4.78, 5) is 26.5. The molecule has 37 heavy (non-hydrogen) atoms. The maximum Gasteiger partial charge on any atom is 0.247 e. The van der Waals surface area contributed by atoms with E-state index in [4.69, 9.17) is 17.3 Å². The van der Waals surface area contributed by atoms with Crippen LogP contribution in [0.3, 0.4) is 0 Å². The monoisotopic (exact) mass is 523 g/mol. The van der Waals surface area contributed by atoms with Gasteiger partial charge in [-0.25, -0.2) is 14.4 Å². The van der Waals surface area contributed by atoms with Crippen molar-refractivity contribution in [1.29, 1.82) is 0 Å². The number of nitrogen functional groups attached to an aromatic ring is 1. The van der Waals surface area contributed by atoms with E-state index in [9.17, 15) is 9.18 Å². The van der Waals surface area contributed by atoms with Crippen molar-refractivity contribution in [1.82, 2.24) is 40.1 Å². The van der Waals surface area contributed by atoms with E-state index in [1.165, 1.54) is 41.5 Å². The summed E-state index contributed by atoms with van der Waals surface area (Å²) in [6.45, 7) is 2.04. The number of aromatic nitrogens is 7. The van der Waals surface area contributed by atoms with Gasteiger partial charge in [0.25, 0.3) is 0 Å². The van der Waals surface area contributed by atoms with Crippen molar-refractivity contribution in [2.45, 2.75) is 31.8 Å². The van der Waals surface area contributed by atoms with E-state index in [0.29, 0.717) is 35.6 Å². The number of aromatic amines is 1. The van der Waals surface area contributed by atoms with Gasteiger partial charge in [-0.3, -0.25) is 4.79 Å². The number of amides is 1. The summed E-state index contributed by atoms with van der Waals surface area (Å²) in [6, 6.07) is 5.51. The number of carbonyl (C=O) groups is 1. The lowest BCUT2D eigenvalue weighted by Gasteiger charge is -2.34. The Balaban J connectivity index is 1.36. The Bertz CT molecular complexity index is 1550. The Labute approximate surface area is 214 Å². The number of carbonyl (C=O) groups excluding carboxylic acids is 1. The van der Waals surface area contributed by atoms with Crippen molar-refractivity contribution in [3.8, 4) is 16.9 Å². The molecular weight excluding hydrogens is 504 g/mol. The highest BCUT2D eigenvalue weighted by Gasteiger charge is 2.46. The highest BCUT2D eigenvalue weighted by molar-refractivity contribution is 6.31. The number of halogens is 3. The molecule has 188 valence electrons. The standard InChI is InChI=1S/C24H20ClF2N9O/c1-11-6-18(24-29-9-15(31-24)13-2-5-19(28)32-23(13)27)36-17(11)7-12(8-20(36)37)21-16(35-10-30-33-34-35)4-3-14(25)22(21)26/h2-5,8-11,17-18H,6-7H2,1H3,(H2,28,32)(H,29,31)/t11?,17?,18-/m0/s1. The topological polar surface area (TPSA) is 132 Å². The first-order chi connectivity index (χ1) is 17.8. The molecule has 13 heteroatoms. The molecule has 1 aromatic carbocycles. The van der Waals surface area contributed by atoms with Gasteiger partial charge < -0.3 is 15.6 Å². The van der Waals surface area contributed by atoms with Crippen LogP contribution in [0.5, 0.6) is 0 Å². The van der Waals surface area contributed by atoms with Crippen LogP contribution in [0.25, 0.3) is 22.5 Å². The minimum absolute atomic E-state index is 0.0625. The number of rotatable bonds is 4. The normalized spacial score (nSPS) is 21.3. The predicted octanol–water partition coefficient (Wildman–Crippen LogP) is 3.73. The van der Waals surface area contributed by atoms with Crippen molar-refractivity contribution in [2.75, 3.05) is 5.73 Å². The molecule has 3 N–H and O–H groups in total. The molecule has 3 atom stereocenters. The van der Waals surface area contributed by atoms with Crippen molar-refractivity contribution < 1.29 is 13.6 Å². The molecule has 4 aromatic rings. The Morgan fingerprint density at radius 3 is 2.81 bits per heavy atom. The molecule has 1 amide bonds. The smallest absolute Gasteiger partial charge is 0.247 e. The highest BCUT2D eigenvalue weighted by Crippen LogP contribution is 2.46. The van der Waals surface area contributed by atoms with Gasteiger partial charge in [0.15, 0.2) is 5.82 Å². The first-order valence-corrected chi connectivity index (χ1v) is 11.9. The number of fused-ring (bicyclic) bond motifs is 1. The number of imidazole rings is 1. The summed E-state index contributed by atoms with van der Waals surface area (Å²) in [5.74, 6) is -0.931. The second kappa shape index (κ2) is 8.73. The summed E-state index contributed by atoms with van der Waals surface area (Å²) in [5, 5.41) is 11.1. The van der Waals surface area contributed by atoms with Gasteiger partial charge in [-0.15, -0.1) is 5.10 Å². The fourth-order valence-electron chi connectivity index (χ4n) is 5.27. The molecule has 0 spiro atoms. The molecule has 2 unspecified atom stereocenters. The molecular formula is C24H20ClF2N9O. The molecule has 0 radical (unpaired) electrons. The maximum absolute atomic E-state index is 15.3. The third-order valence-corrected chi connectivity index (χ3v) is 7.28. The minimum atomic E-state index is -0.712. The number of hydrogen-bond acceptors (Lipinski definition) is 7. The maximum atomic E-state index is 15.3. The predicted molar refractivity (Wildman–Crippen MR) is 130 cm³/mol. The zero-order valence-electron chi connectivity index (χ0n) is 19.4. The Hall–Kier alpha value is -4.19. The summed E-state index contributed by atoms with van der Waals surface area (Å²) >= 11 is 6.11. The number of anilines is 1. The van der Waals surface area contributed by atoms with Gasteiger partial charge >= 0.3 is 0 Å². The van der Waals surface area contributed by atoms with Crippen LogP contribution in [-0.4, -0.2) is 52.0 Å². The SMILES string of the molecule is CC1C[C@@H](c2ncc(-c3ccc(N)nc3F)[nH]2)N2C(=O)C=C(c3c(-n4cnnn4)ccc(Cl)c3F)CC12. The number of pyridine rings is 1. The van der Waals surface area contributed by atoms with Crippen molar-refractivity contribution in [3.05, 3.63) is 71.0 Å². The molecule has 5 heterocycles. The molecule has 1 fully saturated rings. The van der Waals surface area contributed by atoms with Crippen LogP contribution in [0.1, 0.15) is 37.2 Å². The molecule has 6 rings (SSSR count). The van der Waals surface area contributed by atoms with Crippen molar-refractivity contribution in [2.24, 2.45) is 5.92 Å². The molecule has 1 saturated heterocycles. The van der Waals surface area contributed by atoms with E-state index >= 15 is 4.39 Å². The third kappa shape index (κ3) is 3.84. The zero-order valence-corrected chi connectivity index (χ0v) is 20.2. The summed E-state index contributed by atoms with van der Waals surface area (Å²) in [7, 11) is 0. The van der Waals surface area contributed by atoms with E-state index in [1.807, 2.05) is 6.92 Å². The average molecular weight is 524 g/mol. The number of H-pyrrole nitrogens is 1. The van der Waals surface area contributed by atoms with Crippen LogP contribution in [-0.2, 0) is 4.79 Å². The number of tetrazole rings is 1. The Morgan fingerprint density at radius 1 is 1.22 bits per heavy atom. The minimum Gasteiger partial charge on any atom is -0.384 e. The fraction of sp³-hybridized carbons (Fsp3) is 0.250. The molecule has 3 aromatic heterocycles. The molecule has 0 saturated carbocycles. The second-order valence-corrected chi connectivity index (χ2v) is 9.59. The highest BCUT2D eigenvalue weighted by atomic mass is 35.5. The Morgan fingerprint density at radius 2 is 2.05 bits per heavy atom. The van der Waals surface area contributed by atoms with E-state index in [1.54, 1.807) is 11.0 Å².